The maximum Gasteiger partial charge on any atom is 0.268 e. The first-order valence-electron chi connectivity index (χ1n) is 7.20. The minimum absolute atomic E-state index is 0.0352. The molecule has 0 radical (unpaired) electrons. The predicted octanol–water partition coefficient (Wildman–Crippen LogP) is 1.75. The molecule has 0 saturated heterocycles. The topological polar surface area (TPSA) is 79.7 Å². The molecular formula is C16H17N3O3. The van der Waals surface area contributed by atoms with Gasteiger partial charge in [0.2, 0.25) is 0 Å². The molecule has 22 heavy (non-hydrogen) atoms. The third-order valence-corrected chi connectivity index (χ3v) is 4.55. The van der Waals surface area contributed by atoms with Crippen molar-refractivity contribution in [2.45, 2.75) is 40.2 Å². The van der Waals surface area contributed by atoms with Crippen molar-refractivity contribution >= 4 is 23.4 Å². The van der Waals surface area contributed by atoms with Crippen molar-refractivity contribution in [3.63, 3.8) is 0 Å². The van der Waals surface area contributed by atoms with Crippen LogP contribution in [-0.2, 0) is 4.79 Å². The zero-order valence-electron chi connectivity index (χ0n) is 13.2. The molecule has 3 rings (SSSR count). The number of nitrogens with zero attached hydrogens (tertiary/aromatic N) is 3. The minimum Gasteiger partial charge on any atom is -0.294 e. The molecule has 1 unspecified atom stereocenters. The van der Waals surface area contributed by atoms with Crippen LogP contribution in [0.25, 0.3) is 0 Å². The second kappa shape index (κ2) is 4.32. The van der Waals surface area contributed by atoms with Crippen LogP contribution in [0, 0.1) is 12.8 Å². The molecule has 1 atom stereocenters. The first-order valence-corrected chi connectivity index (χ1v) is 7.20. The summed E-state index contributed by atoms with van der Waals surface area (Å²) in [4.78, 5) is 46.8. The van der Waals surface area contributed by atoms with Crippen LogP contribution in [0.5, 0.6) is 0 Å². The van der Waals surface area contributed by atoms with Gasteiger partial charge in [-0.05, 0) is 32.8 Å². The number of amides is 2. The second-order valence-corrected chi connectivity index (χ2v) is 6.26. The number of aliphatic imine (C=N–C) groups is 1. The fourth-order valence-electron chi connectivity index (χ4n) is 2.78. The fourth-order valence-corrected chi connectivity index (χ4v) is 2.78. The lowest BCUT2D eigenvalue weighted by atomic mass is 9.88. The molecule has 0 bridgehead atoms. The molecule has 1 aromatic heterocycles. The number of aromatic nitrogens is 1. The summed E-state index contributed by atoms with van der Waals surface area (Å²) in [5.74, 6) is -0.667. The van der Waals surface area contributed by atoms with Crippen LogP contribution < -0.4 is 0 Å². The SMILES string of the molecule is CC(=O)c1cc2c(nc1C)C1=NC(C)(C(C)C)C(=O)N1C2=O. The predicted molar refractivity (Wildman–Crippen MR) is 79.9 cm³/mol. The quantitative estimate of drug-likeness (QED) is 0.615. The minimum atomic E-state index is -0.947. The van der Waals surface area contributed by atoms with E-state index in [1.165, 1.54) is 13.0 Å². The lowest BCUT2D eigenvalue weighted by Gasteiger charge is -2.24. The number of carbonyl (C=O) groups excluding carboxylic acids is 3. The van der Waals surface area contributed by atoms with Gasteiger partial charge in [0.25, 0.3) is 11.8 Å². The molecule has 6 nitrogen and oxygen atoms in total. The van der Waals surface area contributed by atoms with E-state index in [9.17, 15) is 14.4 Å². The Morgan fingerprint density at radius 2 is 1.95 bits per heavy atom. The van der Waals surface area contributed by atoms with Gasteiger partial charge in [-0.15, -0.1) is 0 Å². The Bertz CT molecular complexity index is 779. The van der Waals surface area contributed by atoms with E-state index in [0.717, 1.165) is 4.90 Å². The highest BCUT2D eigenvalue weighted by Crippen LogP contribution is 2.37. The van der Waals surface area contributed by atoms with Crippen molar-refractivity contribution in [2.75, 3.05) is 0 Å². The third kappa shape index (κ3) is 1.63. The van der Waals surface area contributed by atoms with Gasteiger partial charge in [0.15, 0.2) is 11.6 Å². The van der Waals surface area contributed by atoms with Gasteiger partial charge in [-0.25, -0.2) is 14.9 Å². The summed E-state index contributed by atoms with van der Waals surface area (Å²) < 4.78 is 0. The van der Waals surface area contributed by atoms with Crippen LogP contribution in [0.4, 0.5) is 0 Å². The summed E-state index contributed by atoms with van der Waals surface area (Å²) in [6.07, 6.45) is 0. The molecule has 2 aliphatic heterocycles. The maximum absolute atomic E-state index is 12.6. The highest BCUT2D eigenvalue weighted by Gasteiger charge is 2.54. The van der Waals surface area contributed by atoms with Gasteiger partial charge < -0.3 is 0 Å². The Balaban J connectivity index is 2.23. The first-order chi connectivity index (χ1) is 10.2. The summed E-state index contributed by atoms with van der Waals surface area (Å²) in [6.45, 7) is 8.66. The fraction of sp³-hybridized carbons (Fsp3) is 0.438. The monoisotopic (exact) mass is 299 g/mol. The van der Waals surface area contributed by atoms with E-state index in [2.05, 4.69) is 9.98 Å². The number of amidine groups is 1. The lowest BCUT2D eigenvalue weighted by molar-refractivity contribution is -0.130. The molecule has 0 aliphatic carbocycles. The number of imide groups is 1. The van der Waals surface area contributed by atoms with Crippen molar-refractivity contribution in [1.29, 1.82) is 0 Å². The Morgan fingerprint density at radius 3 is 2.50 bits per heavy atom. The summed E-state index contributed by atoms with van der Waals surface area (Å²) >= 11 is 0. The molecule has 0 saturated carbocycles. The Kier molecular flexibility index (Phi) is 2.86. The number of ketones is 1. The van der Waals surface area contributed by atoms with Crippen molar-refractivity contribution in [1.82, 2.24) is 9.88 Å². The highest BCUT2D eigenvalue weighted by molar-refractivity contribution is 6.33. The van der Waals surface area contributed by atoms with Crippen molar-refractivity contribution in [2.24, 2.45) is 10.9 Å². The maximum atomic E-state index is 12.6. The van der Waals surface area contributed by atoms with Crippen LogP contribution >= 0.6 is 0 Å². The van der Waals surface area contributed by atoms with E-state index >= 15 is 0 Å². The molecular weight excluding hydrogens is 282 g/mol. The molecule has 0 N–H and O–H groups in total. The number of Topliss-reactive ketones (excluding diaryl/α,β-unsaturated/α-hetero) is 1. The van der Waals surface area contributed by atoms with Crippen LogP contribution in [0.1, 0.15) is 59.8 Å². The summed E-state index contributed by atoms with van der Waals surface area (Å²) in [5.41, 5.74) is 0.651. The zero-order valence-corrected chi connectivity index (χ0v) is 13.2. The Labute approximate surface area is 128 Å². The third-order valence-electron chi connectivity index (χ3n) is 4.55. The van der Waals surface area contributed by atoms with Crippen molar-refractivity contribution in [3.8, 4) is 0 Å². The van der Waals surface area contributed by atoms with E-state index in [1.807, 2.05) is 13.8 Å². The summed E-state index contributed by atoms with van der Waals surface area (Å²) in [5, 5.41) is 0. The van der Waals surface area contributed by atoms with Crippen molar-refractivity contribution < 1.29 is 14.4 Å². The molecule has 0 aromatic carbocycles. The average molecular weight is 299 g/mol. The molecule has 0 fully saturated rings. The number of pyridine rings is 1. The molecule has 6 heteroatoms. The number of hydrogen-bond acceptors (Lipinski definition) is 5. The van der Waals surface area contributed by atoms with Gasteiger partial charge >= 0.3 is 0 Å². The van der Waals surface area contributed by atoms with E-state index in [0.29, 0.717) is 22.8 Å². The average Bonchev–Trinajstić information content (AvgIpc) is 2.84. The number of carbonyl (C=O) groups is 3. The Morgan fingerprint density at radius 1 is 1.32 bits per heavy atom. The standard InChI is InChI=1S/C16H17N3O3/c1-7(2)16(5)15(22)19-13(18-16)12-11(14(19)21)6-10(9(4)20)8(3)17-12/h6-7H,1-5H3. The van der Waals surface area contributed by atoms with E-state index in [4.69, 9.17) is 0 Å². The van der Waals surface area contributed by atoms with Gasteiger partial charge in [-0.3, -0.25) is 14.4 Å². The molecule has 3 heterocycles. The largest absolute Gasteiger partial charge is 0.294 e. The molecule has 1 aromatic rings. The number of hydrogen-bond donors (Lipinski definition) is 0. The van der Waals surface area contributed by atoms with E-state index in [1.54, 1.807) is 13.8 Å². The highest BCUT2D eigenvalue weighted by atomic mass is 16.2. The van der Waals surface area contributed by atoms with Gasteiger partial charge in [-0.1, -0.05) is 13.8 Å². The summed E-state index contributed by atoms with van der Waals surface area (Å²) in [6, 6.07) is 1.52. The van der Waals surface area contributed by atoms with E-state index < -0.39 is 11.4 Å². The number of aryl methyl sites for hydroxylation is 1. The molecule has 2 amide bonds. The second-order valence-electron chi connectivity index (χ2n) is 6.26. The smallest absolute Gasteiger partial charge is 0.268 e. The van der Waals surface area contributed by atoms with E-state index in [-0.39, 0.29) is 23.2 Å². The van der Waals surface area contributed by atoms with Crippen LogP contribution in [0.3, 0.4) is 0 Å². The molecule has 0 spiro atoms. The summed E-state index contributed by atoms with van der Waals surface area (Å²) in [7, 11) is 0. The van der Waals surface area contributed by atoms with Gasteiger partial charge in [0.1, 0.15) is 11.2 Å². The van der Waals surface area contributed by atoms with Gasteiger partial charge in [0.05, 0.1) is 5.56 Å². The number of fused-ring (bicyclic) bond motifs is 3. The first kappa shape index (κ1) is 14.6. The number of rotatable bonds is 2. The van der Waals surface area contributed by atoms with Crippen LogP contribution in [0.2, 0.25) is 0 Å². The van der Waals surface area contributed by atoms with Gasteiger partial charge in [-0.2, -0.15) is 0 Å². The normalized spacial score (nSPS) is 23.0. The van der Waals surface area contributed by atoms with Crippen LogP contribution in [-0.4, -0.2) is 38.9 Å². The molecule has 2 aliphatic rings. The molecule has 114 valence electrons. The van der Waals surface area contributed by atoms with Crippen LogP contribution in [0.15, 0.2) is 11.1 Å². The zero-order chi connectivity index (χ0) is 16.4. The van der Waals surface area contributed by atoms with Gasteiger partial charge in [0, 0.05) is 11.3 Å². The van der Waals surface area contributed by atoms with Crippen molar-refractivity contribution in [3.05, 3.63) is 28.6 Å². The lowest BCUT2D eigenvalue weighted by Crippen LogP contribution is -2.44. The Hall–Kier alpha value is -2.37.